The van der Waals surface area contributed by atoms with E-state index >= 15 is 0 Å². The van der Waals surface area contributed by atoms with E-state index in [1.807, 2.05) is 5.32 Å². The van der Waals surface area contributed by atoms with E-state index in [4.69, 9.17) is 5.11 Å². The maximum absolute atomic E-state index is 12.7. The van der Waals surface area contributed by atoms with Crippen LogP contribution >= 0.6 is 0 Å². The quantitative estimate of drug-likeness (QED) is 0.742. The smallest absolute Gasteiger partial charge is 0.287 e. The molecule has 0 fully saturated rings. The summed E-state index contributed by atoms with van der Waals surface area (Å²) in [4.78, 5) is 11.4. The van der Waals surface area contributed by atoms with E-state index in [1.165, 1.54) is 18.2 Å². The molecule has 0 aromatic heterocycles. The van der Waals surface area contributed by atoms with Gasteiger partial charge in [0.25, 0.3) is 11.8 Å². The molecule has 0 bridgehead atoms. The number of rotatable bonds is 4. The molecular formula is C11H13F2NO3. The van der Waals surface area contributed by atoms with Crippen molar-refractivity contribution in [2.45, 2.75) is 12.8 Å². The highest BCUT2D eigenvalue weighted by Crippen LogP contribution is 2.17. The molecule has 0 atom stereocenters. The fraction of sp³-hybridized carbons (Fsp3) is 0.364. The molecule has 0 saturated heterocycles. The number of halogens is 2. The average Bonchev–Trinajstić information content (AvgIpc) is 2.30. The van der Waals surface area contributed by atoms with Crippen molar-refractivity contribution < 1.29 is 23.8 Å². The topological polar surface area (TPSA) is 69.6 Å². The monoisotopic (exact) mass is 245 g/mol. The largest absolute Gasteiger partial charge is 0.508 e. The highest BCUT2D eigenvalue weighted by molar-refractivity contribution is 5.94. The molecular weight excluding hydrogens is 232 g/mol. The number of hydrogen-bond acceptors (Lipinski definition) is 3. The standard InChI is InChI=1S/C11H13F2NO3/c1-7-2-3-8(4-9(7)16)10(17)14-5-11(12,13)6-15/h2-4,15-16H,5-6H2,1H3,(H,14,17). The van der Waals surface area contributed by atoms with Crippen molar-refractivity contribution in [3.8, 4) is 5.75 Å². The van der Waals surface area contributed by atoms with Gasteiger partial charge in [0.1, 0.15) is 12.4 Å². The highest BCUT2D eigenvalue weighted by Gasteiger charge is 2.28. The van der Waals surface area contributed by atoms with Gasteiger partial charge in [-0.05, 0) is 24.6 Å². The summed E-state index contributed by atoms with van der Waals surface area (Å²) >= 11 is 0. The third kappa shape index (κ3) is 3.67. The third-order valence-corrected chi connectivity index (χ3v) is 2.21. The van der Waals surface area contributed by atoms with E-state index < -0.39 is 25.0 Å². The Hall–Kier alpha value is -1.69. The van der Waals surface area contributed by atoms with Gasteiger partial charge in [0.15, 0.2) is 0 Å². The first-order chi connectivity index (χ1) is 7.85. The molecule has 0 unspecified atom stereocenters. The van der Waals surface area contributed by atoms with E-state index in [2.05, 4.69) is 0 Å². The molecule has 0 aliphatic carbocycles. The lowest BCUT2D eigenvalue weighted by Crippen LogP contribution is -2.38. The molecule has 1 rings (SSSR count). The lowest BCUT2D eigenvalue weighted by atomic mass is 10.1. The zero-order valence-corrected chi connectivity index (χ0v) is 9.20. The second-order valence-corrected chi connectivity index (χ2v) is 3.70. The number of aromatic hydroxyl groups is 1. The van der Waals surface area contributed by atoms with Crippen LogP contribution in [0.25, 0.3) is 0 Å². The third-order valence-electron chi connectivity index (χ3n) is 2.21. The van der Waals surface area contributed by atoms with Crippen molar-refractivity contribution in [3.05, 3.63) is 29.3 Å². The zero-order valence-electron chi connectivity index (χ0n) is 9.20. The molecule has 17 heavy (non-hydrogen) atoms. The van der Waals surface area contributed by atoms with Gasteiger partial charge in [-0.25, -0.2) is 8.78 Å². The maximum Gasteiger partial charge on any atom is 0.287 e. The summed E-state index contributed by atoms with van der Waals surface area (Å²) in [6, 6.07) is 4.12. The number of carbonyl (C=O) groups excluding carboxylic acids is 1. The normalized spacial score (nSPS) is 11.3. The van der Waals surface area contributed by atoms with Gasteiger partial charge in [0, 0.05) is 5.56 Å². The summed E-state index contributed by atoms with van der Waals surface area (Å²) < 4.78 is 25.3. The van der Waals surface area contributed by atoms with E-state index in [-0.39, 0.29) is 11.3 Å². The summed E-state index contributed by atoms with van der Waals surface area (Å²) in [6.45, 7) is -0.625. The number of nitrogens with one attached hydrogen (secondary N) is 1. The molecule has 94 valence electrons. The summed E-state index contributed by atoms with van der Waals surface area (Å²) in [5.41, 5.74) is 0.670. The van der Waals surface area contributed by atoms with Crippen LogP contribution in [0.15, 0.2) is 18.2 Å². The van der Waals surface area contributed by atoms with Gasteiger partial charge in [-0.1, -0.05) is 6.07 Å². The van der Waals surface area contributed by atoms with Gasteiger partial charge in [-0.15, -0.1) is 0 Å². The molecule has 4 nitrogen and oxygen atoms in total. The first-order valence-corrected chi connectivity index (χ1v) is 4.92. The molecule has 3 N–H and O–H groups in total. The molecule has 6 heteroatoms. The molecule has 0 aliphatic rings. The first kappa shape index (κ1) is 13.4. The zero-order chi connectivity index (χ0) is 13.1. The number of phenolic OH excluding ortho intramolecular Hbond substituents is 1. The van der Waals surface area contributed by atoms with Crippen LogP contribution in [0.5, 0.6) is 5.75 Å². The molecule has 0 spiro atoms. The van der Waals surface area contributed by atoms with E-state index in [0.29, 0.717) is 5.56 Å². The predicted octanol–water partition coefficient (Wildman–Crippen LogP) is 1.06. The highest BCUT2D eigenvalue weighted by atomic mass is 19.3. The van der Waals surface area contributed by atoms with Gasteiger partial charge in [0.05, 0.1) is 6.54 Å². The number of aliphatic hydroxyl groups is 1. The molecule has 0 saturated carbocycles. The minimum atomic E-state index is -3.34. The Bertz CT molecular complexity index is 421. The van der Waals surface area contributed by atoms with Crippen molar-refractivity contribution >= 4 is 5.91 Å². The summed E-state index contributed by atoms with van der Waals surface area (Å²) in [5.74, 6) is -4.15. The van der Waals surface area contributed by atoms with Crippen LogP contribution in [-0.2, 0) is 0 Å². The Morgan fingerprint density at radius 3 is 2.65 bits per heavy atom. The number of phenols is 1. The Labute approximate surface area is 96.9 Å². The van der Waals surface area contributed by atoms with Crippen LogP contribution in [0.1, 0.15) is 15.9 Å². The summed E-state index contributed by atoms with van der Waals surface area (Å²) in [5, 5.41) is 19.6. The fourth-order valence-corrected chi connectivity index (χ4v) is 1.12. The summed E-state index contributed by atoms with van der Waals surface area (Å²) in [6.07, 6.45) is 0. The van der Waals surface area contributed by atoms with Crippen LogP contribution in [0.2, 0.25) is 0 Å². The minimum Gasteiger partial charge on any atom is -0.508 e. The second kappa shape index (κ2) is 5.09. The van der Waals surface area contributed by atoms with Crippen molar-refractivity contribution in [2.75, 3.05) is 13.2 Å². The van der Waals surface area contributed by atoms with Crippen molar-refractivity contribution in [2.24, 2.45) is 0 Å². The van der Waals surface area contributed by atoms with Gasteiger partial charge in [-0.3, -0.25) is 4.79 Å². The molecule has 0 radical (unpaired) electrons. The van der Waals surface area contributed by atoms with Crippen molar-refractivity contribution in [1.29, 1.82) is 0 Å². The van der Waals surface area contributed by atoms with Crippen LogP contribution in [-0.4, -0.2) is 35.2 Å². The molecule has 1 aromatic rings. The van der Waals surface area contributed by atoms with Crippen molar-refractivity contribution in [3.63, 3.8) is 0 Å². The minimum absolute atomic E-state index is 0.0773. The number of hydrogen-bond donors (Lipinski definition) is 3. The Kier molecular flexibility index (Phi) is 4.01. The van der Waals surface area contributed by atoms with E-state index in [9.17, 15) is 18.7 Å². The first-order valence-electron chi connectivity index (χ1n) is 4.92. The van der Waals surface area contributed by atoms with E-state index in [1.54, 1.807) is 6.92 Å². The molecule has 1 aromatic carbocycles. The molecule has 0 heterocycles. The Morgan fingerprint density at radius 2 is 2.12 bits per heavy atom. The van der Waals surface area contributed by atoms with Gasteiger partial charge < -0.3 is 15.5 Å². The predicted molar refractivity (Wildman–Crippen MR) is 57.2 cm³/mol. The van der Waals surface area contributed by atoms with Crippen LogP contribution < -0.4 is 5.32 Å². The number of aliphatic hydroxyl groups excluding tert-OH is 1. The number of amides is 1. The van der Waals surface area contributed by atoms with Gasteiger partial charge in [0.2, 0.25) is 0 Å². The van der Waals surface area contributed by atoms with Gasteiger partial charge in [-0.2, -0.15) is 0 Å². The van der Waals surface area contributed by atoms with Crippen LogP contribution in [0.3, 0.4) is 0 Å². The summed E-state index contributed by atoms with van der Waals surface area (Å²) in [7, 11) is 0. The number of benzene rings is 1. The van der Waals surface area contributed by atoms with Crippen molar-refractivity contribution in [1.82, 2.24) is 5.32 Å². The average molecular weight is 245 g/mol. The molecule has 1 amide bonds. The van der Waals surface area contributed by atoms with Crippen LogP contribution in [0.4, 0.5) is 8.78 Å². The maximum atomic E-state index is 12.7. The molecule has 0 aliphatic heterocycles. The lowest BCUT2D eigenvalue weighted by Gasteiger charge is -2.14. The fourth-order valence-electron chi connectivity index (χ4n) is 1.12. The Balaban J connectivity index is 2.68. The second-order valence-electron chi connectivity index (χ2n) is 3.70. The number of carbonyl (C=O) groups is 1. The van der Waals surface area contributed by atoms with Crippen LogP contribution in [0, 0.1) is 6.92 Å². The van der Waals surface area contributed by atoms with E-state index in [0.717, 1.165) is 0 Å². The Morgan fingerprint density at radius 1 is 1.47 bits per heavy atom. The SMILES string of the molecule is Cc1ccc(C(=O)NCC(F)(F)CO)cc1O. The van der Waals surface area contributed by atoms with Gasteiger partial charge >= 0.3 is 0 Å². The number of alkyl halides is 2. The lowest BCUT2D eigenvalue weighted by molar-refractivity contribution is -0.0462. The number of aryl methyl sites for hydroxylation is 1.